The smallest absolute Gasteiger partial charge is 0.195 e. The first-order valence-corrected chi connectivity index (χ1v) is 9.81. The van der Waals surface area contributed by atoms with Crippen molar-refractivity contribution in [3.05, 3.63) is 60.3 Å². The van der Waals surface area contributed by atoms with Gasteiger partial charge in [-0.3, -0.25) is 0 Å². The van der Waals surface area contributed by atoms with E-state index < -0.39 is 5.79 Å². The van der Waals surface area contributed by atoms with E-state index in [2.05, 4.69) is 53.2 Å². The molecule has 3 heterocycles. The second-order valence-electron chi connectivity index (χ2n) is 7.38. The van der Waals surface area contributed by atoms with Gasteiger partial charge in [0.25, 0.3) is 0 Å². The second-order valence-corrected chi connectivity index (χ2v) is 7.38. The minimum absolute atomic E-state index is 0.474. The molecule has 0 bridgehead atoms. The molecule has 2 fully saturated rings. The molecule has 2 saturated heterocycles. The Bertz CT molecular complexity index is 686. The lowest BCUT2D eigenvalue weighted by molar-refractivity contribution is -0.172. The van der Waals surface area contributed by atoms with Crippen molar-refractivity contribution in [3.8, 4) is 0 Å². The summed E-state index contributed by atoms with van der Waals surface area (Å²) in [4.78, 5) is 7.13. The Morgan fingerprint density at radius 3 is 2.54 bits per heavy atom. The van der Waals surface area contributed by atoms with Crippen LogP contribution in [0, 0.1) is 0 Å². The molecule has 0 saturated carbocycles. The van der Waals surface area contributed by atoms with Gasteiger partial charge in [0.15, 0.2) is 5.79 Å². The maximum atomic E-state index is 6.13. The summed E-state index contributed by atoms with van der Waals surface area (Å²) < 4.78 is 12.3. The average Bonchev–Trinajstić information content (AvgIpc) is 3.18. The number of aromatic nitrogens is 1. The van der Waals surface area contributed by atoms with Gasteiger partial charge in [-0.15, -0.1) is 0 Å². The van der Waals surface area contributed by atoms with Crippen molar-refractivity contribution in [3.63, 3.8) is 0 Å². The molecule has 2 aromatic rings. The van der Waals surface area contributed by atoms with Gasteiger partial charge in [0, 0.05) is 30.3 Å². The molecule has 1 aromatic carbocycles. The van der Waals surface area contributed by atoms with Gasteiger partial charge in [0.05, 0.1) is 13.2 Å². The Kier molecular flexibility index (Phi) is 5.23. The van der Waals surface area contributed by atoms with Crippen molar-refractivity contribution < 1.29 is 9.47 Å². The third kappa shape index (κ3) is 3.49. The summed E-state index contributed by atoms with van der Waals surface area (Å²) in [7, 11) is 0. The molecule has 2 aliphatic rings. The maximum Gasteiger partial charge on any atom is 0.195 e. The van der Waals surface area contributed by atoms with Crippen LogP contribution < -0.4 is 4.90 Å². The number of anilines is 1. The van der Waals surface area contributed by atoms with Crippen LogP contribution in [0.15, 0.2) is 54.7 Å². The molecule has 2 unspecified atom stereocenters. The van der Waals surface area contributed by atoms with Crippen LogP contribution in [-0.2, 0) is 15.3 Å². The van der Waals surface area contributed by atoms with Gasteiger partial charge in [-0.2, -0.15) is 0 Å². The molecule has 0 radical (unpaired) electrons. The largest absolute Gasteiger partial charge is 0.351 e. The molecule has 0 spiro atoms. The molecule has 4 rings (SSSR count). The summed E-state index contributed by atoms with van der Waals surface area (Å²) >= 11 is 0. The maximum absolute atomic E-state index is 6.13. The molecule has 138 valence electrons. The molecule has 4 nitrogen and oxygen atoms in total. The van der Waals surface area contributed by atoms with Crippen LogP contribution >= 0.6 is 0 Å². The van der Waals surface area contributed by atoms with Crippen molar-refractivity contribution in [1.82, 2.24) is 4.98 Å². The van der Waals surface area contributed by atoms with Crippen LogP contribution in [-0.4, -0.2) is 30.3 Å². The van der Waals surface area contributed by atoms with Gasteiger partial charge in [0.2, 0.25) is 0 Å². The van der Waals surface area contributed by atoms with Crippen LogP contribution in [0.1, 0.15) is 44.6 Å². The molecule has 0 amide bonds. The molecule has 2 aliphatic heterocycles. The fraction of sp³-hybridized carbons (Fsp3) is 0.500. The van der Waals surface area contributed by atoms with Crippen LogP contribution in [0.2, 0.25) is 0 Å². The Morgan fingerprint density at radius 1 is 1.04 bits per heavy atom. The van der Waals surface area contributed by atoms with Gasteiger partial charge in [0.1, 0.15) is 5.82 Å². The molecule has 0 N–H and O–H groups in total. The van der Waals surface area contributed by atoms with Crippen molar-refractivity contribution in [2.24, 2.45) is 0 Å². The van der Waals surface area contributed by atoms with Crippen molar-refractivity contribution in [1.29, 1.82) is 0 Å². The van der Waals surface area contributed by atoms with E-state index in [1.807, 2.05) is 18.3 Å². The topological polar surface area (TPSA) is 34.6 Å². The first-order valence-electron chi connectivity index (χ1n) is 9.81. The zero-order valence-electron chi connectivity index (χ0n) is 15.5. The molecule has 1 aromatic heterocycles. The summed E-state index contributed by atoms with van der Waals surface area (Å²) in [5.74, 6) is 0.504. The zero-order valence-corrected chi connectivity index (χ0v) is 15.5. The zero-order chi connectivity index (χ0) is 17.8. The monoisotopic (exact) mass is 352 g/mol. The number of hydrogen-bond donors (Lipinski definition) is 0. The van der Waals surface area contributed by atoms with E-state index in [1.165, 1.54) is 19.3 Å². The molecule has 2 atom stereocenters. The summed E-state index contributed by atoms with van der Waals surface area (Å²) in [5.41, 5.74) is 1.13. The number of rotatable bonds is 5. The fourth-order valence-electron chi connectivity index (χ4n) is 4.45. The quantitative estimate of drug-likeness (QED) is 0.793. The molecule has 4 heteroatoms. The minimum Gasteiger partial charge on any atom is -0.351 e. The van der Waals surface area contributed by atoms with Crippen LogP contribution in [0.4, 0.5) is 5.82 Å². The first-order chi connectivity index (χ1) is 12.8. The van der Waals surface area contributed by atoms with E-state index in [0.29, 0.717) is 25.3 Å². The number of hydrogen-bond acceptors (Lipinski definition) is 4. The molecular weight excluding hydrogens is 324 g/mol. The number of piperidine rings is 1. The summed E-state index contributed by atoms with van der Waals surface area (Å²) in [6.07, 6.45) is 7.50. The highest BCUT2D eigenvalue weighted by molar-refractivity contribution is 5.41. The highest BCUT2D eigenvalue weighted by Crippen LogP contribution is 2.39. The van der Waals surface area contributed by atoms with Gasteiger partial charge < -0.3 is 14.4 Å². The van der Waals surface area contributed by atoms with E-state index in [-0.39, 0.29) is 0 Å². The SMILES string of the molecule is CC1CCCC(CCC2(c3ccccc3)OCCO2)N1c1ccccn1. The van der Waals surface area contributed by atoms with E-state index in [1.54, 1.807) is 0 Å². The molecule has 26 heavy (non-hydrogen) atoms. The van der Waals surface area contributed by atoms with E-state index in [4.69, 9.17) is 9.47 Å². The number of nitrogens with zero attached hydrogens (tertiary/aromatic N) is 2. The van der Waals surface area contributed by atoms with Crippen molar-refractivity contribution in [2.45, 2.75) is 56.9 Å². The van der Waals surface area contributed by atoms with E-state index in [9.17, 15) is 0 Å². The lowest BCUT2D eigenvalue weighted by Gasteiger charge is -2.43. The van der Waals surface area contributed by atoms with Gasteiger partial charge in [-0.25, -0.2) is 4.98 Å². The molecular formula is C22H28N2O2. The number of pyridine rings is 1. The highest BCUT2D eigenvalue weighted by Gasteiger charge is 2.40. The van der Waals surface area contributed by atoms with Gasteiger partial charge >= 0.3 is 0 Å². The highest BCUT2D eigenvalue weighted by atomic mass is 16.7. The summed E-state index contributed by atoms with van der Waals surface area (Å²) in [6.45, 7) is 3.65. The Morgan fingerprint density at radius 2 is 1.81 bits per heavy atom. The lowest BCUT2D eigenvalue weighted by Crippen LogP contribution is -2.46. The van der Waals surface area contributed by atoms with Crippen molar-refractivity contribution >= 4 is 5.82 Å². The average molecular weight is 352 g/mol. The van der Waals surface area contributed by atoms with Crippen LogP contribution in [0.25, 0.3) is 0 Å². The minimum atomic E-state index is -0.586. The second kappa shape index (κ2) is 7.77. The van der Waals surface area contributed by atoms with Crippen LogP contribution in [0.5, 0.6) is 0 Å². The third-order valence-electron chi connectivity index (χ3n) is 5.72. The van der Waals surface area contributed by atoms with E-state index >= 15 is 0 Å². The third-order valence-corrected chi connectivity index (χ3v) is 5.72. The fourth-order valence-corrected chi connectivity index (χ4v) is 4.45. The molecule has 0 aliphatic carbocycles. The van der Waals surface area contributed by atoms with E-state index in [0.717, 1.165) is 24.2 Å². The summed E-state index contributed by atoms with van der Waals surface area (Å²) in [5, 5.41) is 0. The Hall–Kier alpha value is -1.91. The van der Waals surface area contributed by atoms with Crippen molar-refractivity contribution in [2.75, 3.05) is 18.1 Å². The van der Waals surface area contributed by atoms with Crippen LogP contribution in [0.3, 0.4) is 0 Å². The number of benzene rings is 1. The standard InChI is InChI=1S/C22H28N2O2/c1-18-8-7-11-20(24(18)21-12-5-6-15-23-21)13-14-22(25-16-17-26-22)19-9-3-2-4-10-19/h2-6,9-10,12,15,18,20H,7-8,11,13-14,16-17H2,1H3. The lowest BCUT2D eigenvalue weighted by atomic mass is 9.90. The Balaban J connectivity index is 1.53. The summed E-state index contributed by atoms with van der Waals surface area (Å²) in [6, 6.07) is 17.6. The first kappa shape index (κ1) is 17.5. The predicted octanol–water partition coefficient (Wildman–Crippen LogP) is 4.51. The number of ether oxygens (including phenoxy) is 2. The normalized spacial score (nSPS) is 25.3. The van der Waals surface area contributed by atoms with Gasteiger partial charge in [-0.05, 0) is 44.7 Å². The van der Waals surface area contributed by atoms with Gasteiger partial charge in [-0.1, -0.05) is 36.4 Å². The predicted molar refractivity (Wildman–Crippen MR) is 103 cm³/mol. The Labute approximate surface area is 156 Å².